The van der Waals surface area contributed by atoms with E-state index in [0.29, 0.717) is 60.4 Å². The number of nitrogens with zero attached hydrogens (tertiary/aromatic N) is 1. The van der Waals surface area contributed by atoms with E-state index in [2.05, 4.69) is 15.5 Å². The summed E-state index contributed by atoms with van der Waals surface area (Å²) in [6.07, 6.45) is 4.20. The highest BCUT2D eigenvalue weighted by molar-refractivity contribution is 6.31. The van der Waals surface area contributed by atoms with Gasteiger partial charge in [-0.05, 0) is 79.0 Å². The lowest BCUT2D eigenvalue weighted by Crippen LogP contribution is -2.63. The number of amides is 2. The van der Waals surface area contributed by atoms with E-state index in [1.807, 2.05) is 66.7 Å². The zero-order chi connectivity index (χ0) is 36.9. The fourth-order valence-electron chi connectivity index (χ4n) is 10.4. The van der Waals surface area contributed by atoms with Gasteiger partial charge in [-0.15, -0.1) is 0 Å². The van der Waals surface area contributed by atoms with Gasteiger partial charge in [-0.1, -0.05) is 121 Å². The smallest absolute Gasteiger partial charge is 0.238 e. The van der Waals surface area contributed by atoms with Crippen molar-refractivity contribution in [2.45, 2.75) is 105 Å². The number of hydrogen-bond acceptors (Lipinski definition) is 5. The molecule has 1 saturated heterocycles. The molecule has 2 aliphatic heterocycles. The van der Waals surface area contributed by atoms with Crippen LogP contribution in [0.1, 0.15) is 98.1 Å². The molecule has 7 nitrogen and oxygen atoms in total. The van der Waals surface area contributed by atoms with Gasteiger partial charge in [0.1, 0.15) is 11.2 Å². The summed E-state index contributed by atoms with van der Waals surface area (Å²) in [5.41, 5.74) is 0.208. The molecule has 2 spiro atoms. The maximum atomic E-state index is 16.9. The molecule has 53 heavy (non-hydrogen) atoms. The summed E-state index contributed by atoms with van der Waals surface area (Å²) < 4.78 is 16.9. The van der Waals surface area contributed by atoms with Crippen molar-refractivity contribution in [1.29, 1.82) is 0 Å². The number of anilines is 1. The van der Waals surface area contributed by atoms with Crippen LogP contribution in [-0.2, 0) is 15.0 Å². The first-order chi connectivity index (χ1) is 25.7. The number of aliphatic hydroxyl groups excluding tert-OH is 2. The Balaban J connectivity index is 1.46. The van der Waals surface area contributed by atoms with E-state index in [4.69, 9.17) is 23.2 Å². The lowest BCUT2D eigenvalue weighted by Gasteiger charge is -2.53. The first kappa shape index (κ1) is 36.2. The van der Waals surface area contributed by atoms with Crippen LogP contribution >= 0.6 is 23.2 Å². The van der Waals surface area contributed by atoms with Crippen LogP contribution in [0, 0.1) is 5.82 Å². The van der Waals surface area contributed by atoms with Crippen LogP contribution in [0.2, 0.25) is 10.0 Å². The van der Waals surface area contributed by atoms with Crippen molar-refractivity contribution in [3.05, 3.63) is 135 Å². The standard InChI is InChI=1S/C43H44Cl2FN3O4/c44-28-17-22-32-34(25-28)48-41(53)43(32)35(31-15-10-16-33(45)36(31)46)38(40(52)47-29-18-20-30(50)21-19-29)49(42(43)23-8-3-9-24-42)37(26-11-4-1-5-12-26)39(51)27-13-6-2-7-14-27/h1-2,4-7,10-17,22,25,29-30,35,37-39,50-51H,3,8-9,18-21,23-24H2,(H,47,52)(H,48,53)/t29?,30?,35-,37+,38+,39-,43-/m0/s1. The van der Waals surface area contributed by atoms with Crippen LogP contribution in [0.4, 0.5) is 10.1 Å². The van der Waals surface area contributed by atoms with Crippen molar-refractivity contribution in [2.24, 2.45) is 0 Å². The molecule has 2 heterocycles. The summed E-state index contributed by atoms with van der Waals surface area (Å²) >= 11 is 13.1. The van der Waals surface area contributed by atoms with Gasteiger partial charge in [-0.25, -0.2) is 4.39 Å². The van der Waals surface area contributed by atoms with E-state index >= 15 is 14.0 Å². The number of rotatable bonds is 7. The van der Waals surface area contributed by atoms with Gasteiger partial charge in [-0.2, -0.15) is 0 Å². The minimum absolute atomic E-state index is 0.104. The molecule has 8 rings (SSSR count). The van der Waals surface area contributed by atoms with E-state index in [0.717, 1.165) is 24.8 Å². The number of halogens is 3. The van der Waals surface area contributed by atoms with E-state index < -0.39 is 47.0 Å². The second kappa shape index (κ2) is 14.5. The monoisotopic (exact) mass is 755 g/mol. The molecule has 10 heteroatoms. The average molecular weight is 757 g/mol. The zero-order valence-corrected chi connectivity index (χ0v) is 30.9. The maximum absolute atomic E-state index is 16.9. The molecule has 276 valence electrons. The third-order valence-electron chi connectivity index (χ3n) is 12.5. The van der Waals surface area contributed by atoms with Gasteiger partial charge in [0.15, 0.2) is 0 Å². The number of aliphatic hydroxyl groups is 2. The number of carbonyl (C=O) groups is 2. The molecule has 4 aromatic rings. The Hall–Kier alpha value is -3.79. The van der Waals surface area contributed by atoms with Crippen LogP contribution in [0.25, 0.3) is 0 Å². The number of carbonyl (C=O) groups excluding carboxylic acids is 2. The van der Waals surface area contributed by atoms with Crippen LogP contribution in [-0.4, -0.2) is 50.7 Å². The lowest BCUT2D eigenvalue weighted by atomic mass is 9.55. The quantitative estimate of drug-likeness (QED) is 0.152. The summed E-state index contributed by atoms with van der Waals surface area (Å²) in [6.45, 7) is 0. The van der Waals surface area contributed by atoms with Gasteiger partial charge in [0.2, 0.25) is 11.8 Å². The molecule has 5 atom stereocenters. The van der Waals surface area contributed by atoms with Crippen molar-refractivity contribution in [3.63, 3.8) is 0 Å². The molecule has 4 aromatic carbocycles. The molecule has 0 unspecified atom stereocenters. The van der Waals surface area contributed by atoms with Gasteiger partial charge in [0.05, 0.1) is 29.3 Å². The Bertz CT molecular complexity index is 1990. The number of benzene rings is 4. The van der Waals surface area contributed by atoms with Gasteiger partial charge in [-0.3, -0.25) is 14.5 Å². The first-order valence-corrected chi connectivity index (χ1v) is 19.5. The molecule has 3 fully saturated rings. The summed E-state index contributed by atoms with van der Waals surface area (Å²) in [5.74, 6) is -2.43. The van der Waals surface area contributed by atoms with Crippen LogP contribution in [0.3, 0.4) is 0 Å². The Labute approximate surface area is 319 Å². The minimum Gasteiger partial charge on any atom is -0.393 e. The highest BCUT2D eigenvalue weighted by atomic mass is 35.5. The van der Waals surface area contributed by atoms with Gasteiger partial charge >= 0.3 is 0 Å². The highest BCUT2D eigenvalue weighted by Gasteiger charge is 2.76. The predicted octanol–water partition coefficient (Wildman–Crippen LogP) is 8.39. The van der Waals surface area contributed by atoms with E-state index in [1.165, 1.54) is 6.07 Å². The topological polar surface area (TPSA) is 102 Å². The summed E-state index contributed by atoms with van der Waals surface area (Å²) in [5, 5.41) is 29.9. The number of nitrogens with one attached hydrogen (secondary N) is 2. The molecule has 0 radical (unpaired) electrons. The van der Waals surface area contributed by atoms with Gasteiger partial charge < -0.3 is 20.8 Å². The second-order valence-corrected chi connectivity index (χ2v) is 16.1. The molecular weight excluding hydrogens is 712 g/mol. The molecule has 4 aliphatic rings. The highest BCUT2D eigenvalue weighted by Crippen LogP contribution is 2.69. The Morgan fingerprint density at radius 3 is 2.21 bits per heavy atom. The Kier molecular flexibility index (Phi) is 9.87. The predicted molar refractivity (Wildman–Crippen MR) is 204 cm³/mol. The molecule has 2 aliphatic carbocycles. The van der Waals surface area contributed by atoms with Crippen molar-refractivity contribution < 1.29 is 24.2 Å². The summed E-state index contributed by atoms with van der Waals surface area (Å²) in [4.78, 5) is 33.0. The second-order valence-electron chi connectivity index (χ2n) is 15.2. The lowest BCUT2D eigenvalue weighted by molar-refractivity contribution is -0.135. The normalized spacial score (nSPS) is 27.7. The van der Waals surface area contributed by atoms with Crippen LogP contribution in [0.15, 0.2) is 97.1 Å². The largest absolute Gasteiger partial charge is 0.393 e. The number of likely N-dealkylation sites (tertiary alicyclic amines) is 1. The Morgan fingerprint density at radius 2 is 1.53 bits per heavy atom. The minimum atomic E-state index is -1.49. The maximum Gasteiger partial charge on any atom is 0.238 e. The third-order valence-corrected chi connectivity index (χ3v) is 13.0. The van der Waals surface area contributed by atoms with Crippen molar-refractivity contribution >= 4 is 40.7 Å². The van der Waals surface area contributed by atoms with E-state index in [9.17, 15) is 10.2 Å². The van der Waals surface area contributed by atoms with Crippen molar-refractivity contribution in [1.82, 2.24) is 10.2 Å². The fraction of sp³-hybridized carbons (Fsp3) is 0.395. The van der Waals surface area contributed by atoms with Crippen LogP contribution in [0.5, 0.6) is 0 Å². The average Bonchev–Trinajstić information content (AvgIpc) is 3.59. The van der Waals surface area contributed by atoms with Gasteiger partial charge in [0.25, 0.3) is 0 Å². The number of hydrogen-bond donors (Lipinski definition) is 4. The van der Waals surface area contributed by atoms with E-state index in [-0.39, 0.29) is 28.4 Å². The zero-order valence-electron chi connectivity index (χ0n) is 29.4. The third kappa shape index (κ3) is 5.89. The van der Waals surface area contributed by atoms with Crippen LogP contribution < -0.4 is 10.6 Å². The molecule has 2 amide bonds. The SMILES string of the molecule is O=C(NC1CCC(O)CC1)[C@H]1[C@H](c2cccc(Cl)c2F)[C@@]2(C(=O)Nc3cc(Cl)ccc32)C2(CCCCC2)N1[C@H](c1ccccc1)[C@@H](O)c1ccccc1. The molecule has 0 aromatic heterocycles. The van der Waals surface area contributed by atoms with Crippen molar-refractivity contribution in [2.75, 3.05) is 5.32 Å². The molecular formula is C43H44Cl2FN3O4. The van der Waals surface area contributed by atoms with Crippen molar-refractivity contribution in [3.8, 4) is 0 Å². The van der Waals surface area contributed by atoms with E-state index in [1.54, 1.807) is 24.3 Å². The first-order valence-electron chi connectivity index (χ1n) is 18.8. The van der Waals surface area contributed by atoms with Gasteiger partial charge in [0, 0.05) is 28.2 Å². The fourth-order valence-corrected chi connectivity index (χ4v) is 10.7. The summed E-state index contributed by atoms with van der Waals surface area (Å²) in [6, 6.07) is 27.0. The molecule has 2 saturated carbocycles. The molecule has 0 bridgehead atoms. The summed E-state index contributed by atoms with van der Waals surface area (Å²) in [7, 11) is 0. The Morgan fingerprint density at radius 1 is 0.868 bits per heavy atom. The molecule has 4 N–H and O–H groups in total. The number of fused-ring (bicyclic) bond motifs is 3.